The zero-order chi connectivity index (χ0) is 8.85. The summed E-state index contributed by atoms with van der Waals surface area (Å²) in [5.41, 5.74) is 0. The van der Waals surface area contributed by atoms with Crippen LogP contribution in [0.1, 0.15) is 0 Å². The van der Waals surface area contributed by atoms with Gasteiger partial charge in [-0.2, -0.15) is 4.99 Å². The molecule has 1 amide bonds. The Morgan fingerprint density at radius 3 is 2.36 bits per heavy atom. The Bertz CT molecular complexity index is 168. The van der Waals surface area contributed by atoms with Crippen molar-refractivity contribution in [1.29, 1.82) is 0 Å². The van der Waals surface area contributed by atoms with Gasteiger partial charge in [-0.3, -0.25) is 0 Å². The highest BCUT2D eigenvalue weighted by Gasteiger charge is 2.02. The van der Waals surface area contributed by atoms with E-state index in [0.29, 0.717) is 5.17 Å². The summed E-state index contributed by atoms with van der Waals surface area (Å²) in [7, 11) is 4.94. The summed E-state index contributed by atoms with van der Waals surface area (Å²) in [4.78, 5) is 16.0. The number of rotatable bonds is 0. The zero-order valence-electron chi connectivity index (χ0n) is 7.12. The first-order valence-electron chi connectivity index (χ1n) is 2.99. The van der Waals surface area contributed by atoms with Gasteiger partial charge in [0, 0.05) is 14.1 Å². The van der Waals surface area contributed by atoms with Crippen molar-refractivity contribution < 1.29 is 9.53 Å². The summed E-state index contributed by atoms with van der Waals surface area (Å²) in [6.45, 7) is 0. The highest BCUT2D eigenvalue weighted by atomic mass is 32.2. The highest BCUT2D eigenvalue weighted by Crippen LogP contribution is 2.01. The van der Waals surface area contributed by atoms with Gasteiger partial charge in [0.25, 0.3) is 0 Å². The summed E-state index contributed by atoms with van der Waals surface area (Å²) < 4.78 is 4.37. The van der Waals surface area contributed by atoms with Gasteiger partial charge in [-0.15, -0.1) is 0 Å². The third-order valence-electron chi connectivity index (χ3n) is 0.927. The quantitative estimate of drug-likeness (QED) is 0.408. The average Bonchev–Trinajstić information content (AvgIpc) is 1.99. The maximum absolute atomic E-state index is 10.6. The van der Waals surface area contributed by atoms with Crippen LogP contribution >= 0.6 is 11.8 Å². The third-order valence-corrected chi connectivity index (χ3v) is 1.75. The maximum Gasteiger partial charge on any atom is 0.435 e. The van der Waals surface area contributed by atoms with Gasteiger partial charge >= 0.3 is 6.09 Å². The molecule has 4 nitrogen and oxygen atoms in total. The van der Waals surface area contributed by atoms with E-state index in [1.54, 1.807) is 4.90 Å². The van der Waals surface area contributed by atoms with Crippen molar-refractivity contribution in [3.8, 4) is 0 Å². The Balaban J connectivity index is 4.23. The lowest BCUT2D eigenvalue weighted by molar-refractivity contribution is 0.182. The molecule has 0 unspecified atom stereocenters. The number of carbonyl (C=O) groups is 1. The van der Waals surface area contributed by atoms with Gasteiger partial charge < -0.3 is 9.64 Å². The minimum Gasteiger partial charge on any atom is -0.451 e. The van der Waals surface area contributed by atoms with Gasteiger partial charge in [-0.25, -0.2) is 4.79 Å². The molecular weight excluding hydrogens is 164 g/mol. The van der Waals surface area contributed by atoms with Gasteiger partial charge in [0.15, 0.2) is 5.17 Å². The first-order chi connectivity index (χ1) is 5.11. The molecule has 0 atom stereocenters. The van der Waals surface area contributed by atoms with Gasteiger partial charge in [-0.1, -0.05) is 11.8 Å². The van der Waals surface area contributed by atoms with Crippen LogP contribution in [0.3, 0.4) is 0 Å². The summed E-state index contributed by atoms with van der Waals surface area (Å²) in [6, 6.07) is 0. The first-order valence-corrected chi connectivity index (χ1v) is 4.22. The van der Waals surface area contributed by atoms with E-state index in [4.69, 9.17) is 0 Å². The fraction of sp³-hybridized carbons (Fsp3) is 0.667. The van der Waals surface area contributed by atoms with Crippen molar-refractivity contribution in [2.24, 2.45) is 4.99 Å². The smallest absolute Gasteiger partial charge is 0.435 e. The summed E-state index contributed by atoms with van der Waals surface area (Å²) >= 11 is 1.40. The molecule has 0 saturated carbocycles. The Kier molecular flexibility index (Phi) is 4.69. The highest BCUT2D eigenvalue weighted by molar-refractivity contribution is 8.13. The molecule has 64 valence electrons. The number of carbonyl (C=O) groups excluding carboxylic acids is 1. The van der Waals surface area contributed by atoms with Crippen molar-refractivity contribution in [2.75, 3.05) is 27.5 Å². The monoisotopic (exact) mass is 176 g/mol. The van der Waals surface area contributed by atoms with E-state index < -0.39 is 6.09 Å². The lowest BCUT2D eigenvalue weighted by Gasteiger charge is -2.11. The van der Waals surface area contributed by atoms with E-state index in [9.17, 15) is 4.79 Å². The molecule has 0 heterocycles. The zero-order valence-corrected chi connectivity index (χ0v) is 7.94. The van der Waals surface area contributed by atoms with Crippen LogP contribution in [0.15, 0.2) is 4.99 Å². The minimum atomic E-state index is -0.567. The van der Waals surface area contributed by atoms with Crippen LogP contribution in [0.4, 0.5) is 4.79 Å². The Hall–Kier alpha value is -0.710. The van der Waals surface area contributed by atoms with E-state index in [-0.39, 0.29) is 0 Å². The molecular formula is C6H12N2O2S. The van der Waals surface area contributed by atoms with Gasteiger partial charge in [-0.05, 0) is 6.26 Å². The third kappa shape index (κ3) is 3.87. The van der Waals surface area contributed by atoms with E-state index in [1.807, 2.05) is 20.4 Å². The largest absolute Gasteiger partial charge is 0.451 e. The number of methoxy groups -OCH3 is 1. The SMILES string of the molecule is COC(=O)N=C(SC)N(C)C. The number of amidine groups is 1. The van der Waals surface area contributed by atoms with Crippen molar-refractivity contribution in [2.45, 2.75) is 0 Å². The van der Waals surface area contributed by atoms with Crippen LogP contribution in [0.5, 0.6) is 0 Å². The maximum atomic E-state index is 10.6. The molecule has 0 aliphatic carbocycles. The molecule has 0 saturated heterocycles. The van der Waals surface area contributed by atoms with Crippen LogP contribution < -0.4 is 0 Å². The molecule has 0 fully saturated rings. The van der Waals surface area contributed by atoms with Crippen LogP contribution in [-0.4, -0.2) is 43.6 Å². The molecule has 0 rings (SSSR count). The Labute approximate surface area is 70.6 Å². The molecule has 0 N–H and O–H groups in total. The number of nitrogens with zero attached hydrogens (tertiary/aromatic N) is 2. The standard InChI is InChI=1S/C6H12N2O2S/c1-8(2)5(11-4)7-6(9)10-3/h1-4H3. The van der Waals surface area contributed by atoms with Crippen LogP contribution in [0.25, 0.3) is 0 Å². The fourth-order valence-corrected chi connectivity index (χ4v) is 0.983. The number of ether oxygens (including phenoxy) is 1. The topological polar surface area (TPSA) is 41.9 Å². The second kappa shape index (κ2) is 5.01. The minimum absolute atomic E-state index is 0.567. The van der Waals surface area contributed by atoms with Gasteiger partial charge in [0.2, 0.25) is 0 Å². The van der Waals surface area contributed by atoms with Crippen LogP contribution in [-0.2, 0) is 4.74 Å². The molecule has 0 radical (unpaired) electrons. The first kappa shape index (κ1) is 10.3. The van der Waals surface area contributed by atoms with Crippen molar-refractivity contribution in [3.05, 3.63) is 0 Å². The fourth-order valence-electron chi connectivity index (χ4n) is 0.452. The number of thioether (sulfide) groups is 1. The molecule has 0 bridgehead atoms. The molecule has 5 heteroatoms. The van der Waals surface area contributed by atoms with E-state index in [2.05, 4.69) is 9.73 Å². The van der Waals surface area contributed by atoms with E-state index in [1.165, 1.54) is 18.9 Å². The lowest BCUT2D eigenvalue weighted by atomic mass is 10.9. The predicted octanol–water partition coefficient (Wildman–Crippen LogP) is 1.03. The Morgan fingerprint density at radius 1 is 1.55 bits per heavy atom. The molecule has 0 aromatic rings. The van der Waals surface area contributed by atoms with E-state index >= 15 is 0 Å². The lowest BCUT2D eigenvalue weighted by Crippen LogP contribution is -2.19. The molecule has 0 aromatic carbocycles. The molecule has 11 heavy (non-hydrogen) atoms. The number of hydrogen-bond acceptors (Lipinski definition) is 3. The summed E-state index contributed by atoms with van der Waals surface area (Å²) in [5.74, 6) is 0. The summed E-state index contributed by atoms with van der Waals surface area (Å²) in [5, 5.41) is 0.636. The average molecular weight is 176 g/mol. The van der Waals surface area contributed by atoms with Gasteiger partial charge in [0.1, 0.15) is 0 Å². The molecule has 0 aliphatic heterocycles. The Morgan fingerprint density at radius 2 is 2.09 bits per heavy atom. The molecule has 0 aliphatic rings. The predicted molar refractivity (Wildman–Crippen MR) is 47.0 cm³/mol. The van der Waals surface area contributed by atoms with Crippen LogP contribution in [0, 0.1) is 0 Å². The number of amides is 1. The van der Waals surface area contributed by atoms with Gasteiger partial charge in [0.05, 0.1) is 7.11 Å². The van der Waals surface area contributed by atoms with E-state index in [0.717, 1.165) is 0 Å². The molecule has 0 spiro atoms. The molecule has 0 aromatic heterocycles. The van der Waals surface area contributed by atoms with Crippen LogP contribution in [0.2, 0.25) is 0 Å². The van der Waals surface area contributed by atoms with Crippen molar-refractivity contribution in [3.63, 3.8) is 0 Å². The number of hydrogen-bond donors (Lipinski definition) is 0. The van der Waals surface area contributed by atoms with Crippen molar-refractivity contribution >= 4 is 23.0 Å². The summed E-state index contributed by atoms with van der Waals surface area (Å²) in [6.07, 6.45) is 1.28. The normalized spacial score (nSPS) is 11.1. The van der Waals surface area contributed by atoms with Crippen molar-refractivity contribution in [1.82, 2.24) is 4.90 Å². The number of aliphatic imine (C=N–C) groups is 1. The second-order valence-corrected chi connectivity index (χ2v) is 2.74. The second-order valence-electron chi connectivity index (χ2n) is 1.96.